The van der Waals surface area contributed by atoms with Crippen molar-refractivity contribution in [3.05, 3.63) is 44.9 Å². The van der Waals surface area contributed by atoms with E-state index in [-0.39, 0.29) is 19.5 Å². The second-order valence-corrected chi connectivity index (χ2v) is 18.9. The van der Waals surface area contributed by atoms with Crippen LogP contribution >= 0.6 is 23.2 Å². The van der Waals surface area contributed by atoms with E-state index in [0.717, 1.165) is 11.1 Å². The third-order valence-corrected chi connectivity index (χ3v) is 6.96. The number of rotatable bonds is 10. The molecule has 0 unspecified atom stereocenters. The molecule has 158 valence electrons. The van der Waals surface area contributed by atoms with E-state index >= 15 is 0 Å². The van der Waals surface area contributed by atoms with Crippen LogP contribution in [-0.2, 0) is 18.3 Å². The smallest absolute Gasteiger partial charge is 0.188 e. The Kier molecular flexibility index (Phi) is 8.10. The normalized spacial score (nSPS) is 18.2. The lowest BCUT2D eigenvalue weighted by molar-refractivity contribution is 0.0555. The van der Waals surface area contributed by atoms with Gasteiger partial charge in [0, 0.05) is 18.8 Å². The van der Waals surface area contributed by atoms with Crippen LogP contribution in [0.4, 0.5) is 0 Å². The summed E-state index contributed by atoms with van der Waals surface area (Å²) in [4.78, 5) is 0. The summed E-state index contributed by atoms with van der Waals surface area (Å²) in [6, 6.07) is 0. The van der Waals surface area contributed by atoms with Gasteiger partial charge < -0.3 is 18.3 Å². The van der Waals surface area contributed by atoms with Crippen molar-refractivity contribution in [3.8, 4) is 0 Å². The van der Waals surface area contributed by atoms with Crippen molar-refractivity contribution in [1.82, 2.24) is 0 Å². The molecular formula is C20H32Cl2O4Si2. The molecule has 0 amide bonds. The van der Waals surface area contributed by atoms with Crippen molar-refractivity contribution in [2.45, 2.75) is 59.0 Å². The Labute approximate surface area is 181 Å². The van der Waals surface area contributed by atoms with Crippen LogP contribution < -0.4 is 0 Å². The average Bonchev–Trinajstić information content (AvgIpc) is 3.09. The van der Waals surface area contributed by atoms with E-state index in [1.807, 2.05) is 0 Å². The van der Waals surface area contributed by atoms with Crippen LogP contribution in [0.15, 0.2) is 44.9 Å². The first-order chi connectivity index (χ1) is 12.9. The quantitative estimate of drug-likeness (QED) is 0.263. The van der Waals surface area contributed by atoms with Crippen LogP contribution in [0.3, 0.4) is 0 Å². The molecule has 0 aromatic heterocycles. The second-order valence-electron chi connectivity index (χ2n) is 8.95. The number of hydrogen-bond acceptors (Lipinski definition) is 4. The fourth-order valence-corrected chi connectivity index (χ4v) is 4.16. The maximum absolute atomic E-state index is 6.43. The van der Waals surface area contributed by atoms with Gasteiger partial charge in [-0.3, -0.25) is 0 Å². The van der Waals surface area contributed by atoms with Gasteiger partial charge in [-0.25, -0.2) is 0 Å². The molecule has 2 rings (SSSR count). The third-order valence-electron chi connectivity index (χ3n) is 4.34. The molecule has 0 saturated heterocycles. The zero-order chi connectivity index (χ0) is 21.1. The number of halogens is 2. The van der Waals surface area contributed by atoms with Crippen LogP contribution in [0.1, 0.15) is 19.8 Å². The lowest BCUT2D eigenvalue weighted by Gasteiger charge is -2.24. The Morgan fingerprint density at radius 3 is 1.46 bits per heavy atom. The minimum atomic E-state index is -1.65. The molecule has 0 atom stereocenters. The largest absolute Gasteiger partial charge is 0.467 e. The molecule has 0 aromatic carbocycles. The Morgan fingerprint density at radius 2 is 1.14 bits per heavy atom. The van der Waals surface area contributed by atoms with Gasteiger partial charge in [0.1, 0.15) is 11.5 Å². The Morgan fingerprint density at radius 1 is 0.786 bits per heavy atom. The molecule has 2 aliphatic rings. The molecule has 0 spiro atoms. The van der Waals surface area contributed by atoms with Gasteiger partial charge in [0.15, 0.2) is 30.2 Å². The van der Waals surface area contributed by atoms with E-state index in [1.54, 1.807) is 0 Å². The highest BCUT2D eigenvalue weighted by Gasteiger charge is 2.31. The first kappa shape index (κ1) is 23.8. The zero-order valence-corrected chi connectivity index (χ0v) is 21.5. The van der Waals surface area contributed by atoms with Crippen molar-refractivity contribution in [2.75, 3.05) is 13.6 Å². The first-order valence-electron chi connectivity index (χ1n) is 9.60. The van der Waals surface area contributed by atoms with E-state index in [2.05, 4.69) is 58.4 Å². The van der Waals surface area contributed by atoms with Crippen molar-refractivity contribution < 1.29 is 18.3 Å². The molecule has 0 radical (unpaired) electrons. The molecule has 4 nitrogen and oxygen atoms in total. The maximum atomic E-state index is 6.43. The summed E-state index contributed by atoms with van der Waals surface area (Å²) in [6.45, 7) is 15.3. The lowest BCUT2D eigenvalue weighted by atomic mass is 9.92. The summed E-state index contributed by atoms with van der Waals surface area (Å²) >= 11 is 12.9. The van der Waals surface area contributed by atoms with Gasteiger partial charge in [-0.05, 0) is 50.4 Å². The predicted molar refractivity (Wildman–Crippen MR) is 121 cm³/mol. The second kappa shape index (κ2) is 9.54. The van der Waals surface area contributed by atoms with Crippen LogP contribution in [-0.4, -0.2) is 30.2 Å². The monoisotopic (exact) mass is 462 g/mol. The predicted octanol–water partition coefficient (Wildman–Crippen LogP) is 6.83. The minimum absolute atomic E-state index is 0.0521. The van der Waals surface area contributed by atoms with Gasteiger partial charge >= 0.3 is 0 Å². The van der Waals surface area contributed by atoms with E-state index in [9.17, 15) is 0 Å². The summed E-state index contributed by atoms with van der Waals surface area (Å²) < 4.78 is 23.5. The molecule has 0 bridgehead atoms. The van der Waals surface area contributed by atoms with E-state index in [1.165, 1.54) is 0 Å². The lowest BCUT2D eigenvalue weighted by Crippen LogP contribution is -2.27. The zero-order valence-electron chi connectivity index (χ0n) is 17.9. The van der Waals surface area contributed by atoms with E-state index in [0.29, 0.717) is 34.4 Å². The minimum Gasteiger partial charge on any atom is -0.467 e. The topological polar surface area (TPSA) is 36.9 Å². The van der Waals surface area contributed by atoms with Crippen LogP contribution in [0.25, 0.3) is 0 Å². The Hall–Kier alpha value is -0.506. The van der Waals surface area contributed by atoms with Crippen molar-refractivity contribution in [2.24, 2.45) is 5.92 Å². The Bertz CT molecular complexity index is 653. The SMILES string of the molecule is CC(C1=CCC(Cl)=C1OCO[Si](C)(C)C)C1=CCC(Cl)=C1OCO[Si](C)(C)C. The number of allylic oxidation sites excluding steroid dienone is 6. The highest BCUT2D eigenvalue weighted by molar-refractivity contribution is 6.70. The first-order valence-corrected chi connectivity index (χ1v) is 17.2. The standard InChI is InChI=1S/C20H32Cl2O4Si2/c1-14(15-8-10-17(21)19(15)23-12-25-27(2,3)4)16-9-11-18(22)20(16)24-13-26-28(5,6)7/h8-9,14H,10-13H2,1-7H3. The van der Waals surface area contributed by atoms with Crippen molar-refractivity contribution >= 4 is 39.8 Å². The summed E-state index contributed by atoms with van der Waals surface area (Å²) in [5.41, 5.74) is 2.10. The molecule has 0 fully saturated rings. The molecule has 8 heteroatoms. The van der Waals surface area contributed by atoms with Gasteiger partial charge in [-0.1, -0.05) is 42.3 Å². The van der Waals surface area contributed by atoms with Gasteiger partial charge in [-0.2, -0.15) is 0 Å². The van der Waals surface area contributed by atoms with E-state index in [4.69, 9.17) is 41.5 Å². The van der Waals surface area contributed by atoms with Crippen molar-refractivity contribution in [1.29, 1.82) is 0 Å². The average molecular weight is 464 g/mol. The number of hydrogen-bond donors (Lipinski definition) is 0. The summed E-state index contributed by atoms with van der Waals surface area (Å²) in [5.74, 6) is 1.49. The van der Waals surface area contributed by atoms with Gasteiger partial charge in [-0.15, -0.1) is 0 Å². The molecule has 2 aliphatic carbocycles. The number of ether oxygens (including phenoxy) is 2. The fraction of sp³-hybridized carbons (Fsp3) is 0.600. The molecule has 0 aliphatic heterocycles. The van der Waals surface area contributed by atoms with Crippen LogP contribution in [0, 0.1) is 5.92 Å². The maximum Gasteiger partial charge on any atom is 0.188 e. The molecule has 28 heavy (non-hydrogen) atoms. The summed E-state index contributed by atoms with van der Waals surface area (Å²) in [5, 5.41) is 1.42. The molecule has 0 saturated carbocycles. The van der Waals surface area contributed by atoms with Gasteiger partial charge in [0.2, 0.25) is 0 Å². The molecule has 0 aromatic rings. The highest BCUT2D eigenvalue weighted by atomic mass is 35.5. The Balaban J connectivity index is 2.06. The van der Waals surface area contributed by atoms with E-state index < -0.39 is 16.6 Å². The van der Waals surface area contributed by atoms with Crippen LogP contribution in [0.2, 0.25) is 39.3 Å². The van der Waals surface area contributed by atoms with Crippen molar-refractivity contribution in [3.63, 3.8) is 0 Å². The van der Waals surface area contributed by atoms with Crippen LogP contribution in [0.5, 0.6) is 0 Å². The molecule has 0 N–H and O–H groups in total. The third kappa shape index (κ3) is 6.78. The van der Waals surface area contributed by atoms with Gasteiger partial charge in [0.25, 0.3) is 0 Å². The fourth-order valence-electron chi connectivity index (χ4n) is 2.85. The van der Waals surface area contributed by atoms with Gasteiger partial charge in [0.05, 0.1) is 10.1 Å². The molecular weight excluding hydrogens is 431 g/mol. The summed E-state index contributed by atoms with van der Waals surface area (Å²) in [7, 11) is -3.31. The highest BCUT2D eigenvalue weighted by Crippen LogP contribution is 2.42. The molecule has 0 heterocycles. The summed E-state index contributed by atoms with van der Waals surface area (Å²) in [6.07, 6.45) is 5.56.